The molecule has 0 radical (unpaired) electrons. The first-order chi connectivity index (χ1) is 19.4. The minimum atomic E-state index is -4.71. The van der Waals surface area contributed by atoms with Crippen LogP contribution < -0.4 is 10.3 Å². The van der Waals surface area contributed by atoms with E-state index < -0.39 is 23.6 Å². The summed E-state index contributed by atoms with van der Waals surface area (Å²) in [7, 11) is 0. The molecule has 7 nitrogen and oxygen atoms in total. The van der Waals surface area contributed by atoms with E-state index >= 15 is 0 Å². The number of rotatable bonds is 5. The van der Waals surface area contributed by atoms with Gasteiger partial charge < -0.3 is 10.2 Å². The fourth-order valence-corrected chi connectivity index (χ4v) is 4.82. The molecule has 0 unspecified atom stereocenters. The summed E-state index contributed by atoms with van der Waals surface area (Å²) >= 11 is 6.32. The summed E-state index contributed by atoms with van der Waals surface area (Å²) in [5, 5.41) is 24.1. The number of benzene rings is 4. The highest BCUT2D eigenvalue weighted by Gasteiger charge is 2.41. The smallest absolute Gasteiger partial charge is 0.416 e. The molecule has 0 atom stereocenters. The number of phenols is 1. The van der Waals surface area contributed by atoms with Crippen LogP contribution in [-0.2, 0) is 11.0 Å². The summed E-state index contributed by atoms with van der Waals surface area (Å²) in [6.45, 7) is 3.69. The normalized spacial score (nSPS) is 14.0. The highest BCUT2D eigenvalue weighted by Crippen LogP contribution is 2.44. The van der Waals surface area contributed by atoms with Gasteiger partial charge in [0.2, 0.25) is 0 Å². The van der Waals surface area contributed by atoms with E-state index in [1.54, 1.807) is 36.4 Å². The Hall–Kier alpha value is -4.83. The van der Waals surface area contributed by atoms with Crippen LogP contribution in [0.3, 0.4) is 0 Å². The number of carbonyl (C=O) groups excluding carboxylic acids is 1. The van der Waals surface area contributed by atoms with Crippen molar-refractivity contribution >= 4 is 46.3 Å². The van der Waals surface area contributed by atoms with Crippen LogP contribution in [0.1, 0.15) is 32.6 Å². The van der Waals surface area contributed by atoms with Gasteiger partial charge in [-0.1, -0.05) is 41.9 Å². The van der Waals surface area contributed by atoms with Crippen LogP contribution in [0.25, 0.3) is 11.1 Å². The van der Waals surface area contributed by atoms with Crippen LogP contribution >= 0.6 is 11.6 Å². The second-order valence-electron chi connectivity index (χ2n) is 9.42. The molecule has 0 spiro atoms. The van der Waals surface area contributed by atoms with E-state index in [9.17, 15) is 33.0 Å². The third kappa shape index (κ3) is 5.09. The molecular weight excluding hydrogens is 559 g/mol. The Morgan fingerprint density at radius 2 is 1.71 bits per heavy atom. The molecule has 4 aromatic carbocycles. The van der Waals surface area contributed by atoms with Gasteiger partial charge in [0, 0.05) is 11.3 Å². The molecule has 0 saturated heterocycles. The first-order valence-corrected chi connectivity index (χ1v) is 12.6. The van der Waals surface area contributed by atoms with E-state index in [4.69, 9.17) is 11.6 Å². The molecular formula is C30H21ClF3N3O4. The number of amides is 1. The number of hydrazone groups is 1. The standard InChI is InChI=1S/C30H21ClF3N3O4/c1-15-9-10-20(11-16(15)2)37-24-14-19(30(32,33)34)13-22(31)25(24)26(28(37)39)36-35-23-8-4-7-21(27(23)38)17-5-3-6-18(12-17)29(40)41/h3-14,35,38H,1-2H3,(H,40,41). The lowest BCUT2D eigenvalue weighted by Crippen LogP contribution is -2.26. The maximum absolute atomic E-state index is 13.7. The summed E-state index contributed by atoms with van der Waals surface area (Å²) in [4.78, 5) is 26.2. The molecule has 0 bridgehead atoms. The highest BCUT2D eigenvalue weighted by molar-refractivity contribution is 6.58. The average Bonchev–Trinajstić information content (AvgIpc) is 3.20. The van der Waals surface area contributed by atoms with Gasteiger partial charge in [-0.05, 0) is 73.0 Å². The second-order valence-corrected chi connectivity index (χ2v) is 9.83. The number of hydrogen-bond donors (Lipinski definition) is 3. The number of carbonyl (C=O) groups is 2. The molecule has 41 heavy (non-hydrogen) atoms. The molecule has 0 fully saturated rings. The molecule has 208 valence electrons. The molecule has 5 rings (SSSR count). The number of alkyl halides is 3. The van der Waals surface area contributed by atoms with E-state index in [-0.39, 0.29) is 39.0 Å². The molecule has 1 heterocycles. The number of fused-ring (bicyclic) bond motifs is 1. The van der Waals surface area contributed by atoms with Crippen molar-refractivity contribution in [2.24, 2.45) is 5.10 Å². The Morgan fingerprint density at radius 1 is 0.976 bits per heavy atom. The van der Waals surface area contributed by atoms with Crippen molar-refractivity contribution in [2.45, 2.75) is 20.0 Å². The molecule has 4 aromatic rings. The summed E-state index contributed by atoms with van der Waals surface area (Å²) in [6.07, 6.45) is -4.71. The van der Waals surface area contributed by atoms with Gasteiger partial charge in [-0.2, -0.15) is 18.3 Å². The van der Waals surface area contributed by atoms with Crippen LogP contribution in [0.4, 0.5) is 30.2 Å². The maximum atomic E-state index is 13.7. The zero-order chi connectivity index (χ0) is 29.6. The Morgan fingerprint density at radius 3 is 2.39 bits per heavy atom. The fourth-order valence-electron chi connectivity index (χ4n) is 4.52. The lowest BCUT2D eigenvalue weighted by atomic mass is 10.0. The molecule has 0 aliphatic carbocycles. The number of anilines is 3. The number of carboxylic acid groups (broad SMARTS) is 1. The Labute approximate surface area is 237 Å². The quantitative estimate of drug-likeness (QED) is 0.167. The molecule has 3 N–H and O–H groups in total. The monoisotopic (exact) mass is 579 g/mol. The average molecular weight is 580 g/mol. The van der Waals surface area contributed by atoms with Crippen molar-refractivity contribution < 1.29 is 33.0 Å². The predicted molar refractivity (Wildman–Crippen MR) is 150 cm³/mol. The van der Waals surface area contributed by atoms with Gasteiger partial charge in [0.15, 0.2) is 5.71 Å². The van der Waals surface area contributed by atoms with E-state index in [1.165, 1.54) is 24.3 Å². The van der Waals surface area contributed by atoms with Crippen molar-refractivity contribution in [1.82, 2.24) is 0 Å². The number of hydrogen-bond acceptors (Lipinski definition) is 5. The number of halogens is 4. The Balaban J connectivity index is 1.60. The highest BCUT2D eigenvalue weighted by atomic mass is 35.5. The number of carboxylic acids is 1. The lowest BCUT2D eigenvalue weighted by molar-refractivity contribution is -0.137. The number of phenolic OH excluding ortho intramolecular Hbond substituents is 1. The maximum Gasteiger partial charge on any atom is 0.416 e. The number of aromatic hydroxyl groups is 1. The summed E-state index contributed by atoms with van der Waals surface area (Å²) in [5.41, 5.74) is 4.17. The molecule has 1 aliphatic rings. The molecule has 0 aromatic heterocycles. The van der Waals surface area contributed by atoms with Crippen molar-refractivity contribution in [2.75, 3.05) is 10.3 Å². The first-order valence-electron chi connectivity index (χ1n) is 12.2. The number of nitrogens with zero attached hydrogens (tertiary/aromatic N) is 2. The van der Waals surface area contributed by atoms with Gasteiger partial charge in [0.05, 0.1) is 33.1 Å². The number of para-hydroxylation sites is 1. The number of aromatic carboxylic acids is 1. The second kappa shape index (κ2) is 10.3. The third-order valence-corrected chi connectivity index (χ3v) is 7.07. The van der Waals surface area contributed by atoms with Crippen LogP contribution in [0.5, 0.6) is 5.75 Å². The SMILES string of the molecule is Cc1ccc(N2C(=O)C(=NNc3cccc(-c4cccc(C(=O)O)c4)c3O)c3c(Cl)cc(C(F)(F)F)cc32)cc1C. The molecule has 0 saturated carbocycles. The van der Waals surface area contributed by atoms with Crippen LogP contribution in [0, 0.1) is 13.8 Å². The van der Waals surface area contributed by atoms with Gasteiger partial charge in [0.1, 0.15) is 5.75 Å². The van der Waals surface area contributed by atoms with Crippen molar-refractivity contribution in [3.05, 3.63) is 106 Å². The van der Waals surface area contributed by atoms with Crippen LogP contribution in [-0.4, -0.2) is 27.8 Å². The van der Waals surface area contributed by atoms with E-state index in [2.05, 4.69) is 10.5 Å². The van der Waals surface area contributed by atoms with Gasteiger partial charge in [-0.3, -0.25) is 15.1 Å². The minimum Gasteiger partial charge on any atom is -0.505 e. The minimum absolute atomic E-state index is 0.000184. The van der Waals surface area contributed by atoms with Crippen LogP contribution in [0.2, 0.25) is 5.02 Å². The van der Waals surface area contributed by atoms with E-state index in [1.807, 2.05) is 13.8 Å². The largest absolute Gasteiger partial charge is 0.505 e. The fraction of sp³-hybridized carbons (Fsp3) is 0.100. The van der Waals surface area contributed by atoms with Crippen molar-refractivity contribution in [3.8, 4) is 16.9 Å². The first kappa shape index (κ1) is 27.7. The van der Waals surface area contributed by atoms with E-state index in [0.29, 0.717) is 16.8 Å². The van der Waals surface area contributed by atoms with Gasteiger partial charge >= 0.3 is 12.1 Å². The van der Waals surface area contributed by atoms with Crippen molar-refractivity contribution in [1.29, 1.82) is 0 Å². The number of aryl methyl sites for hydroxylation is 2. The van der Waals surface area contributed by atoms with Crippen molar-refractivity contribution in [3.63, 3.8) is 0 Å². The number of nitrogens with one attached hydrogen (secondary N) is 1. The van der Waals surface area contributed by atoms with Gasteiger partial charge in [-0.25, -0.2) is 4.79 Å². The lowest BCUT2D eigenvalue weighted by Gasteiger charge is -2.19. The molecule has 1 aliphatic heterocycles. The topological polar surface area (TPSA) is 102 Å². The van der Waals surface area contributed by atoms with Gasteiger partial charge in [-0.15, -0.1) is 0 Å². The molecule has 11 heteroatoms. The summed E-state index contributed by atoms with van der Waals surface area (Å²) < 4.78 is 41.0. The zero-order valence-corrected chi connectivity index (χ0v) is 22.3. The van der Waals surface area contributed by atoms with E-state index in [0.717, 1.165) is 28.2 Å². The zero-order valence-electron chi connectivity index (χ0n) is 21.5. The summed E-state index contributed by atoms with van der Waals surface area (Å²) in [6, 6.07) is 17.2. The predicted octanol–water partition coefficient (Wildman–Crippen LogP) is 7.54. The molecule has 1 amide bonds. The third-order valence-electron chi connectivity index (χ3n) is 6.77. The Bertz CT molecular complexity index is 1770. The summed E-state index contributed by atoms with van der Waals surface area (Å²) in [5.74, 6) is -2.14. The van der Waals surface area contributed by atoms with Crippen LogP contribution in [0.15, 0.2) is 77.9 Å². The Kier molecular flexibility index (Phi) is 6.96. The van der Waals surface area contributed by atoms with Gasteiger partial charge in [0.25, 0.3) is 5.91 Å².